The van der Waals surface area contributed by atoms with Gasteiger partial charge in [0.25, 0.3) is 5.91 Å². The van der Waals surface area contributed by atoms with E-state index in [1.165, 1.54) is 13.3 Å². The minimum atomic E-state index is -0.761. The monoisotopic (exact) mass is 452 g/mol. The highest BCUT2D eigenvalue weighted by atomic mass is 35.5. The lowest BCUT2D eigenvalue weighted by molar-refractivity contribution is -0.127. The highest BCUT2D eigenvalue weighted by Gasteiger charge is 2.14. The van der Waals surface area contributed by atoms with Crippen LogP contribution in [0.4, 0.5) is 0 Å². The zero-order valence-electron chi connectivity index (χ0n) is 17.4. The molecule has 1 N–H and O–H groups in total. The molecule has 0 saturated carbocycles. The van der Waals surface area contributed by atoms with Gasteiger partial charge in [-0.05, 0) is 67.1 Å². The van der Waals surface area contributed by atoms with Gasteiger partial charge in [-0.25, -0.2) is 10.2 Å². The summed E-state index contributed by atoms with van der Waals surface area (Å²) in [5.74, 6) is 0.228. The standard InChI is InChI=1S/C24H21ClN2O5/c1-16(31-20-11-9-19(25)10-12-20)23(28)27-26-15-17-8-13-21(22(14-17)30-2)32-24(29)18-6-4-3-5-7-18/h3-16H,1-2H3,(H,27,28)/b26-15-/t16-/m0/s1. The zero-order valence-corrected chi connectivity index (χ0v) is 18.2. The molecule has 7 nitrogen and oxygen atoms in total. The Morgan fingerprint density at radius 3 is 2.41 bits per heavy atom. The summed E-state index contributed by atoms with van der Waals surface area (Å²) < 4.78 is 16.3. The van der Waals surface area contributed by atoms with Crippen molar-refractivity contribution in [1.82, 2.24) is 5.43 Å². The number of ether oxygens (including phenoxy) is 3. The molecule has 3 rings (SSSR count). The van der Waals surface area contributed by atoms with E-state index in [1.54, 1.807) is 73.7 Å². The molecule has 0 fully saturated rings. The molecule has 0 radical (unpaired) electrons. The van der Waals surface area contributed by atoms with E-state index in [0.717, 1.165) is 0 Å². The Bertz CT molecular complexity index is 1100. The van der Waals surface area contributed by atoms with E-state index in [0.29, 0.717) is 27.6 Å². The Balaban J connectivity index is 1.58. The SMILES string of the molecule is COc1cc(/C=N\NC(=O)[C@H](C)Oc2ccc(Cl)cc2)ccc1OC(=O)c1ccccc1. The van der Waals surface area contributed by atoms with Gasteiger partial charge in [0.15, 0.2) is 17.6 Å². The normalized spacial score (nSPS) is 11.6. The number of halogens is 1. The summed E-state index contributed by atoms with van der Waals surface area (Å²) in [7, 11) is 1.47. The molecule has 0 saturated heterocycles. The zero-order chi connectivity index (χ0) is 22.9. The summed E-state index contributed by atoms with van der Waals surface area (Å²) in [6.07, 6.45) is 0.681. The first-order valence-corrected chi connectivity index (χ1v) is 10.0. The predicted molar refractivity (Wildman–Crippen MR) is 122 cm³/mol. The average molecular weight is 453 g/mol. The topological polar surface area (TPSA) is 86.2 Å². The van der Waals surface area contributed by atoms with Gasteiger partial charge in [0.05, 0.1) is 18.9 Å². The second kappa shape index (κ2) is 11.0. The molecule has 8 heteroatoms. The smallest absolute Gasteiger partial charge is 0.343 e. The summed E-state index contributed by atoms with van der Waals surface area (Å²) in [6, 6.07) is 20.3. The van der Waals surface area contributed by atoms with Crippen LogP contribution in [0.5, 0.6) is 17.2 Å². The highest BCUT2D eigenvalue weighted by molar-refractivity contribution is 6.30. The van der Waals surface area contributed by atoms with Crippen molar-refractivity contribution in [2.75, 3.05) is 7.11 Å². The second-order valence-electron chi connectivity index (χ2n) is 6.61. The molecule has 0 unspecified atom stereocenters. The number of nitrogens with one attached hydrogen (secondary N) is 1. The molecule has 1 atom stereocenters. The quantitative estimate of drug-likeness (QED) is 0.235. The molecule has 0 spiro atoms. The number of benzene rings is 3. The number of hydrazone groups is 1. The van der Waals surface area contributed by atoms with E-state index in [4.69, 9.17) is 25.8 Å². The number of carbonyl (C=O) groups is 2. The van der Waals surface area contributed by atoms with Gasteiger partial charge < -0.3 is 14.2 Å². The van der Waals surface area contributed by atoms with Crippen molar-refractivity contribution in [3.8, 4) is 17.2 Å². The van der Waals surface area contributed by atoms with Crippen molar-refractivity contribution in [1.29, 1.82) is 0 Å². The molecule has 32 heavy (non-hydrogen) atoms. The van der Waals surface area contributed by atoms with Crippen molar-refractivity contribution in [2.45, 2.75) is 13.0 Å². The van der Waals surface area contributed by atoms with E-state index in [-0.39, 0.29) is 5.75 Å². The van der Waals surface area contributed by atoms with Gasteiger partial charge in [-0.1, -0.05) is 29.8 Å². The Hall–Kier alpha value is -3.84. The first-order chi connectivity index (χ1) is 15.5. The molecular weight excluding hydrogens is 432 g/mol. The van der Waals surface area contributed by atoms with E-state index < -0.39 is 18.0 Å². The van der Waals surface area contributed by atoms with Gasteiger partial charge in [-0.2, -0.15) is 5.10 Å². The largest absolute Gasteiger partial charge is 0.493 e. The van der Waals surface area contributed by atoms with Crippen LogP contribution in [0.15, 0.2) is 77.9 Å². The Kier molecular flexibility index (Phi) is 7.83. The predicted octanol–water partition coefficient (Wildman–Crippen LogP) is 4.49. The van der Waals surface area contributed by atoms with Crippen molar-refractivity contribution < 1.29 is 23.8 Å². The van der Waals surface area contributed by atoms with Gasteiger partial charge in [-0.15, -0.1) is 0 Å². The minimum absolute atomic E-state index is 0.271. The van der Waals surface area contributed by atoms with Gasteiger partial charge >= 0.3 is 5.97 Å². The Morgan fingerprint density at radius 2 is 1.72 bits per heavy atom. The first kappa shape index (κ1) is 22.8. The fraction of sp³-hybridized carbons (Fsp3) is 0.125. The van der Waals surface area contributed by atoms with Crippen LogP contribution in [-0.4, -0.2) is 31.3 Å². The number of esters is 1. The van der Waals surface area contributed by atoms with Crippen LogP contribution in [0.2, 0.25) is 5.02 Å². The third kappa shape index (κ3) is 6.33. The van der Waals surface area contributed by atoms with Crippen LogP contribution in [0.3, 0.4) is 0 Å². The summed E-state index contributed by atoms with van der Waals surface area (Å²) in [5.41, 5.74) is 3.48. The van der Waals surface area contributed by atoms with E-state index in [1.807, 2.05) is 6.07 Å². The Morgan fingerprint density at radius 1 is 1.00 bits per heavy atom. The molecule has 0 bridgehead atoms. The maximum atomic E-state index is 12.3. The lowest BCUT2D eigenvalue weighted by Crippen LogP contribution is -2.33. The fourth-order valence-corrected chi connectivity index (χ4v) is 2.74. The van der Waals surface area contributed by atoms with Crippen LogP contribution in [0, 0.1) is 0 Å². The van der Waals surface area contributed by atoms with Crippen LogP contribution < -0.4 is 19.6 Å². The summed E-state index contributed by atoms with van der Waals surface area (Å²) in [5, 5.41) is 4.52. The molecule has 1 amide bonds. The van der Waals surface area contributed by atoms with Crippen LogP contribution in [0.1, 0.15) is 22.8 Å². The molecule has 3 aromatic carbocycles. The van der Waals surface area contributed by atoms with Crippen molar-refractivity contribution >= 4 is 29.7 Å². The molecular formula is C24H21ClN2O5. The Labute approximate surface area is 190 Å². The number of carbonyl (C=O) groups excluding carboxylic acids is 2. The maximum absolute atomic E-state index is 12.3. The van der Waals surface area contributed by atoms with Gasteiger partial charge in [0.1, 0.15) is 5.75 Å². The fourth-order valence-electron chi connectivity index (χ4n) is 2.61. The van der Waals surface area contributed by atoms with E-state index in [9.17, 15) is 9.59 Å². The number of nitrogens with zero attached hydrogens (tertiary/aromatic N) is 1. The molecule has 0 aliphatic carbocycles. The number of amides is 1. The van der Waals surface area contributed by atoms with Crippen LogP contribution >= 0.6 is 11.6 Å². The van der Waals surface area contributed by atoms with Gasteiger partial charge in [0, 0.05) is 5.02 Å². The highest BCUT2D eigenvalue weighted by Crippen LogP contribution is 2.28. The molecule has 164 valence electrons. The number of hydrogen-bond donors (Lipinski definition) is 1. The van der Waals surface area contributed by atoms with E-state index >= 15 is 0 Å². The van der Waals surface area contributed by atoms with E-state index in [2.05, 4.69) is 10.5 Å². The van der Waals surface area contributed by atoms with Crippen LogP contribution in [0.25, 0.3) is 0 Å². The lowest BCUT2D eigenvalue weighted by atomic mass is 10.2. The number of hydrogen-bond acceptors (Lipinski definition) is 6. The maximum Gasteiger partial charge on any atom is 0.343 e. The lowest BCUT2D eigenvalue weighted by Gasteiger charge is -2.13. The average Bonchev–Trinajstić information content (AvgIpc) is 2.81. The molecule has 3 aromatic rings. The van der Waals surface area contributed by atoms with Crippen molar-refractivity contribution in [3.63, 3.8) is 0 Å². The molecule has 0 aliphatic heterocycles. The number of methoxy groups -OCH3 is 1. The van der Waals surface area contributed by atoms with Gasteiger partial charge in [0.2, 0.25) is 0 Å². The third-order valence-corrected chi connectivity index (χ3v) is 4.54. The first-order valence-electron chi connectivity index (χ1n) is 9.66. The van der Waals surface area contributed by atoms with Crippen LogP contribution in [-0.2, 0) is 4.79 Å². The second-order valence-corrected chi connectivity index (χ2v) is 7.05. The van der Waals surface area contributed by atoms with Crippen molar-refractivity contribution in [3.05, 3.63) is 88.9 Å². The minimum Gasteiger partial charge on any atom is -0.493 e. The summed E-state index contributed by atoms with van der Waals surface area (Å²) >= 11 is 5.83. The van der Waals surface area contributed by atoms with Crippen molar-refractivity contribution in [2.24, 2.45) is 5.10 Å². The van der Waals surface area contributed by atoms with Gasteiger partial charge in [-0.3, -0.25) is 4.79 Å². The third-order valence-electron chi connectivity index (χ3n) is 4.28. The molecule has 0 aliphatic rings. The summed E-state index contributed by atoms with van der Waals surface area (Å²) in [4.78, 5) is 24.4. The summed E-state index contributed by atoms with van der Waals surface area (Å²) in [6.45, 7) is 1.61. The molecule has 0 heterocycles. The number of rotatable bonds is 8. The molecule has 0 aromatic heterocycles.